The normalized spacial score (nSPS) is 12.3. The minimum atomic E-state index is -0.498. The second kappa shape index (κ2) is 7.32. The van der Waals surface area contributed by atoms with Crippen molar-refractivity contribution in [2.75, 3.05) is 50.2 Å². The number of hydrogen-bond donors (Lipinski definition) is 1. The Balaban J connectivity index is 1.87. The zero-order valence-corrected chi connectivity index (χ0v) is 15.3. The van der Waals surface area contributed by atoms with Crippen LogP contribution in [-0.2, 0) is 0 Å². The van der Waals surface area contributed by atoms with Gasteiger partial charge in [0.2, 0.25) is 12.7 Å². The number of nitro benzene ring substituents is 1. The lowest BCUT2D eigenvalue weighted by molar-refractivity contribution is -0.385. The van der Waals surface area contributed by atoms with E-state index in [1.807, 2.05) is 33.1 Å². The van der Waals surface area contributed by atoms with Crippen LogP contribution in [0.25, 0.3) is 0 Å². The van der Waals surface area contributed by atoms with E-state index < -0.39 is 4.92 Å². The first-order valence-electron chi connectivity index (χ1n) is 7.96. The van der Waals surface area contributed by atoms with E-state index in [1.54, 1.807) is 11.0 Å². The largest absolute Gasteiger partial charge is 0.454 e. The van der Waals surface area contributed by atoms with Gasteiger partial charge >= 0.3 is 0 Å². The maximum Gasteiger partial charge on any atom is 0.282 e. The van der Waals surface area contributed by atoms with Gasteiger partial charge in [0.1, 0.15) is 5.82 Å². The Morgan fingerprint density at radius 2 is 1.85 bits per heavy atom. The Morgan fingerprint density at radius 1 is 1.15 bits per heavy atom. The van der Waals surface area contributed by atoms with Crippen molar-refractivity contribution in [3.63, 3.8) is 0 Å². The van der Waals surface area contributed by atoms with Crippen LogP contribution in [0.15, 0.2) is 23.3 Å². The molecule has 0 atom stereocenters. The Bertz CT molecular complexity index is 872. The summed E-state index contributed by atoms with van der Waals surface area (Å²) in [5.74, 6) is 2.44. The summed E-state index contributed by atoms with van der Waals surface area (Å²) in [6.07, 6.45) is 1.34. The van der Waals surface area contributed by atoms with E-state index in [9.17, 15) is 10.1 Å². The molecular formula is C16H19N7O4. The summed E-state index contributed by atoms with van der Waals surface area (Å²) in [5, 5.41) is 15.4. The zero-order valence-electron chi connectivity index (χ0n) is 15.3. The molecule has 0 unspecified atom stereocenters. The Morgan fingerprint density at radius 3 is 2.48 bits per heavy atom. The number of ether oxygens (including phenoxy) is 2. The van der Waals surface area contributed by atoms with Gasteiger partial charge < -0.3 is 19.3 Å². The predicted molar refractivity (Wildman–Crippen MR) is 101 cm³/mol. The summed E-state index contributed by atoms with van der Waals surface area (Å²) in [5.41, 5.74) is 2.94. The zero-order chi connectivity index (χ0) is 19.6. The standard InChI is InChI=1S/C16H19N7O4/c1-21(2)15-7-14(18-16(19-15)22(3)4)20-17-8-10-5-12-13(27-9-26-12)6-11(10)23(24)25/h5-8H,9H2,1-4H3,(H,18,19,20). The van der Waals surface area contributed by atoms with Crippen molar-refractivity contribution in [2.45, 2.75) is 0 Å². The third-order valence-corrected chi connectivity index (χ3v) is 3.66. The second-order valence-electron chi connectivity index (χ2n) is 6.09. The summed E-state index contributed by atoms with van der Waals surface area (Å²) < 4.78 is 10.4. The van der Waals surface area contributed by atoms with Gasteiger partial charge in [0.25, 0.3) is 5.69 Å². The highest BCUT2D eigenvalue weighted by Gasteiger charge is 2.22. The van der Waals surface area contributed by atoms with Crippen LogP contribution in [0.1, 0.15) is 5.56 Å². The topological polar surface area (TPSA) is 118 Å². The fourth-order valence-electron chi connectivity index (χ4n) is 2.28. The first-order valence-corrected chi connectivity index (χ1v) is 7.96. The molecule has 11 nitrogen and oxygen atoms in total. The molecule has 1 aromatic heterocycles. The van der Waals surface area contributed by atoms with Gasteiger partial charge in [-0.3, -0.25) is 15.5 Å². The van der Waals surface area contributed by atoms with Crippen LogP contribution >= 0.6 is 0 Å². The van der Waals surface area contributed by atoms with Crippen molar-refractivity contribution in [1.29, 1.82) is 0 Å². The molecule has 0 fully saturated rings. The smallest absolute Gasteiger partial charge is 0.282 e. The molecule has 0 amide bonds. The van der Waals surface area contributed by atoms with Crippen molar-refractivity contribution in [1.82, 2.24) is 9.97 Å². The number of anilines is 3. The van der Waals surface area contributed by atoms with E-state index in [0.717, 1.165) is 0 Å². The van der Waals surface area contributed by atoms with Gasteiger partial charge in [-0.2, -0.15) is 15.1 Å². The molecule has 0 radical (unpaired) electrons. The minimum Gasteiger partial charge on any atom is -0.454 e. The van der Waals surface area contributed by atoms with Crippen LogP contribution in [0, 0.1) is 10.1 Å². The van der Waals surface area contributed by atoms with E-state index in [2.05, 4.69) is 20.5 Å². The van der Waals surface area contributed by atoms with Crippen molar-refractivity contribution in [3.05, 3.63) is 33.9 Å². The minimum absolute atomic E-state index is 0.0346. The van der Waals surface area contributed by atoms with Crippen LogP contribution in [0.3, 0.4) is 0 Å². The molecule has 1 N–H and O–H groups in total. The predicted octanol–water partition coefficient (Wildman–Crippen LogP) is 1.69. The van der Waals surface area contributed by atoms with Crippen LogP contribution in [0.4, 0.5) is 23.3 Å². The highest BCUT2D eigenvalue weighted by atomic mass is 16.7. The fraction of sp³-hybridized carbons (Fsp3) is 0.312. The Kier molecular flexibility index (Phi) is 4.92. The van der Waals surface area contributed by atoms with E-state index in [-0.39, 0.29) is 18.0 Å². The van der Waals surface area contributed by atoms with E-state index in [1.165, 1.54) is 18.3 Å². The summed E-state index contributed by atoms with van der Waals surface area (Å²) >= 11 is 0. The lowest BCUT2D eigenvalue weighted by Crippen LogP contribution is -2.17. The Hall–Kier alpha value is -3.63. The molecule has 0 aliphatic carbocycles. The molecule has 1 aliphatic rings. The van der Waals surface area contributed by atoms with Crippen LogP contribution in [0.2, 0.25) is 0 Å². The number of rotatable bonds is 6. The van der Waals surface area contributed by atoms with Crippen molar-refractivity contribution < 1.29 is 14.4 Å². The molecule has 2 aromatic rings. The van der Waals surface area contributed by atoms with Crippen LogP contribution in [0.5, 0.6) is 11.5 Å². The number of aromatic nitrogens is 2. The summed E-state index contributed by atoms with van der Waals surface area (Å²) in [6.45, 7) is 0.0346. The molecule has 0 spiro atoms. The van der Waals surface area contributed by atoms with Gasteiger partial charge in [-0.25, -0.2) is 0 Å². The molecule has 27 heavy (non-hydrogen) atoms. The molecule has 2 heterocycles. The van der Waals surface area contributed by atoms with Crippen molar-refractivity contribution in [2.24, 2.45) is 5.10 Å². The number of nitro groups is 1. The molecule has 142 valence electrons. The average molecular weight is 373 g/mol. The second-order valence-corrected chi connectivity index (χ2v) is 6.09. The van der Waals surface area contributed by atoms with E-state index >= 15 is 0 Å². The summed E-state index contributed by atoms with van der Waals surface area (Å²) in [6, 6.07) is 4.56. The summed E-state index contributed by atoms with van der Waals surface area (Å²) in [7, 11) is 7.39. The third-order valence-electron chi connectivity index (χ3n) is 3.66. The third kappa shape index (κ3) is 3.97. The fourth-order valence-corrected chi connectivity index (χ4v) is 2.28. The molecule has 3 rings (SSSR count). The van der Waals surface area contributed by atoms with Gasteiger partial charge in [0, 0.05) is 34.3 Å². The van der Waals surface area contributed by atoms with E-state index in [0.29, 0.717) is 29.1 Å². The van der Waals surface area contributed by atoms with E-state index in [4.69, 9.17) is 9.47 Å². The molecule has 1 aliphatic heterocycles. The lowest BCUT2D eigenvalue weighted by Gasteiger charge is -2.16. The molecule has 1 aromatic carbocycles. The average Bonchev–Trinajstić information content (AvgIpc) is 3.08. The lowest BCUT2D eigenvalue weighted by atomic mass is 10.1. The molecule has 0 saturated carbocycles. The highest BCUT2D eigenvalue weighted by molar-refractivity contribution is 5.87. The van der Waals surface area contributed by atoms with Gasteiger partial charge in [-0.1, -0.05) is 0 Å². The maximum absolute atomic E-state index is 11.3. The molecule has 0 bridgehead atoms. The van der Waals surface area contributed by atoms with Crippen molar-refractivity contribution in [3.8, 4) is 11.5 Å². The highest BCUT2D eigenvalue weighted by Crippen LogP contribution is 2.37. The number of hydrogen-bond acceptors (Lipinski definition) is 10. The molecule has 0 saturated heterocycles. The number of benzene rings is 1. The molecule has 11 heteroatoms. The van der Waals surface area contributed by atoms with Gasteiger partial charge in [-0.05, 0) is 6.07 Å². The number of hydrazone groups is 1. The monoisotopic (exact) mass is 373 g/mol. The first-order chi connectivity index (χ1) is 12.8. The summed E-state index contributed by atoms with van der Waals surface area (Å²) in [4.78, 5) is 23.2. The number of nitrogens with zero attached hydrogens (tertiary/aromatic N) is 6. The maximum atomic E-state index is 11.3. The van der Waals surface area contributed by atoms with Crippen molar-refractivity contribution >= 4 is 29.5 Å². The number of nitrogens with one attached hydrogen (secondary N) is 1. The molecular weight excluding hydrogens is 354 g/mol. The Labute approximate surface area is 155 Å². The first kappa shape index (κ1) is 18.2. The number of fused-ring (bicyclic) bond motifs is 1. The van der Waals surface area contributed by atoms with Gasteiger partial charge in [0.15, 0.2) is 17.3 Å². The van der Waals surface area contributed by atoms with Crippen LogP contribution in [-0.4, -0.2) is 56.1 Å². The SMILES string of the molecule is CN(C)c1cc(NN=Cc2cc3c(cc2[N+](=O)[O-])OCO3)nc(N(C)C)n1. The van der Waals surface area contributed by atoms with Gasteiger partial charge in [-0.15, -0.1) is 0 Å². The quantitative estimate of drug-likeness (QED) is 0.458. The van der Waals surface area contributed by atoms with Crippen LogP contribution < -0.4 is 24.7 Å². The van der Waals surface area contributed by atoms with Gasteiger partial charge in [0.05, 0.1) is 22.8 Å².